The number of aliphatic hydroxyl groups is 1. The highest BCUT2D eigenvalue weighted by molar-refractivity contribution is 5.25. The van der Waals surface area contributed by atoms with Gasteiger partial charge >= 0.3 is 0 Å². The Balaban J connectivity index is 2.07. The molecule has 0 heterocycles. The van der Waals surface area contributed by atoms with Crippen LogP contribution in [0.15, 0.2) is 24.3 Å². The molecule has 17 heavy (non-hydrogen) atoms. The monoisotopic (exact) mass is 232 g/mol. The van der Waals surface area contributed by atoms with Crippen molar-refractivity contribution in [3.05, 3.63) is 35.4 Å². The lowest BCUT2D eigenvalue weighted by atomic mass is 9.79. The van der Waals surface area contributed by atoms with Crippen LogP contribution in [0, 0.1) is 11.3 Å². The maximum atomic E-state index is 9.60. The van der Waals surface area contributed by atoms with E-state index in [1.807, 2.05) is 0 Å². The lowest BCUT2D eigenvalue weighted by molar-refractivity contribution is 0.119. The zero-order chi connectivity index (χ0) is 12.5. The van der Waals surface area contributed by atoms with Crippen LogP contribution in [0.2, 0.25) is 0 Å². The van der Waals surface area contributed by atoms with Gasteiger partial charge in [-0.3, -0.25) is 0 Å². The quantitative estimate of drug-likeness (QED) is 0.819. The predicted molar refractivity (Wildman–Crippen MR) is 72.2 cm³/mol. The van der Waals surface area contributed by atoms with Gasteiger partial charge in [0, 0.05) is 6.61 Å². The van der Waals surface area contributed by atoms with Crippen LogP contribution in [0.5, 0.6) is 0 Å². The van der Waals surface area contributed by atoms with Crippen molar-refractivity contribution in [1.82, 2.24) is 0 Å². The summed E-state index contributed by atoms with van der Waals surface area (Å²) in [6.45, 7) is 6.97. The van der Waals surface area contributed by atoms with Gasteiger partial charge in [0.05, 0.1) is 0 Å². The summed E-state index contributed by atoms with van der Waals surface area (Å²) in [5, 5.41) is 9.60. The molecule has 1 atom stereocenters. The van der Waals surface area contributed by atoms with Gasteiger partial charge in [0.1, 0.15) is 0 Å². The Morgan fingerprint density at radius 2 is 1.82 bits per heavy atom. The Bertz CT molecular complexity index is 362. The van der Waals surface area contributed by atoms with Crippen molar-refractivity contribution in [2.75, 3.05) is 6.61 Å². The fourth-order valence-corrected chi connectivity index (χ4v) is 2.60. The number of hydrogen-bond donors (Lipinski definition) is 1. The third kappa shape index (κ3) is 2.90. The summed E-state index contributed by atoms with van der Waals surface area (Å²) in [5.74, 6) is 1.33. The smallest absolute Gasteiger partial charge is 0.0490 e. The second kappa shape index (κ2) is 4.81. The van der Waals surface area contributed by atoms with Crippen LogP contribution in [0.3, 0.4) is 0 Å². The van der Waals surface area contributed by atoms with Crippen molar-refractivity contribution >= 4 is 0 Å². The molecule has 0 radical (unpaired) electrons. The summed E-state index contributed by atoms with van der Waals surface area (Å²) in [7, 11) is 0. The van der Waals surface area contributed by atoms with Crippen molar-refractivity contribution in [2.24, 2.45) is 11.3 Å². The highest BCUT2D eigenvalue weighted by Crippen LogP contribution is 2.47. The summed E-state index contributed by atoms with van der Waals surface area (Å²) < 4.78 is 0. The van der Waals surface area contributed by atoms with E-state index in [-0.39, 0.29) is 5.41 Å². The molecule has 1 saturated carbocycles. The first-order valence-electron chi connectivity index (χ1n) is 6.75. The Morgan fingerprint density at radius 3 is 2.24 bits per heavy atom. The third-order valence-electron chi connectivity index (χ3n) is 4.18. The van der Waals surface area contributed by atoms with Gasteiger partial charge in [0.15, 0.2) is 0 Å². The second-order valence-corrected chi connectivity index (χ2v) is 6.16. The van der Waals surface area contributed by atoms with Crippen LogP contribution in [-0.4, -0.2) is 11.7 Å². The number of rotatable bonds is 5. The summed E-state index contributed by atoms with van der Waals surface area (Å²) in [6, 6.07) is 8.91. The van der Waals surface area contributed by atoms with Crippen LogP contribution >= 0.6 is 0 Å². The van der Waals surface area contributed by atoms with E-state index in [1.54, 1.807) is 0 Å². The van der Waals surface area contributed by atoms with Crippen LogP contribution in [0.4, 0.5) is 0 Å². The summed E-state index contributed by atoms with van der Waals surface area (Å²) in [6.07, 6.45) is 3.59. The van der Waals surface area contributed by atoms with Crippen molar-refractivity contribution in [3.63, 3.8) is 0 Å². The molecule has 1 fully saturated rings. The standard InChI is InChI=1S/C16H24O/c1-12(2)14-6-4-13(5-7-14)10-16(3,11-17)15-8-9-15/h4-7,12,15,17H,8-11H2,1-3H3. The zero-order valence-corrected chi connectivity index (χ0v) is 11.2. The van der Waals surface area contributed by atoms with Crippen LogP contribution < -0.4 is 0 Å². The molecule has 0 bridgehead atoms. The molecular formula is C16H24O. The van der Waals surface area contributed by atoms with E-state index < -0.39 is 0 Å². The SMILES string of the molecule is CC(C)c1ccc(CC(C)(CO)C2CC2)cc1. The van der Waals surface area contributed by atoms with Crippen LogP contribution in [0.1, 0.15) is 50.7 Å². The lowest BCUT2D eigenvalue weighted by Crippen LogP contribution is -2.26. The Morgan fingerprint density at radius 1 is 1.24 bits per heavy atom. The molecule has 0 aromatic heterocycles. The molecule has 1 aromatic rings. The molecule has 0 saturated heterocycles. The van der Waals surface area contributed by atoms with Gasteiger partial charge in [-0.25, -0.2) is 0 Å². The summed E-state index contributed by atoms with van der Waals surface area (Å²) in [4.78, 5) is 0. The molecule has 1 heteroatoms. The zero-order valence-electron chi connectivity index (χ0n) is 11.2. The van der Waals surface area contributed by atoms with Crippen molar-refractivity contribution in [1.29, 1.82) is 0 Å². The molecule has 2 rings (SSSR count). The molecule has 1 aromatic carbocycles. The molecular weight excluding hydrogens is 208 g/mol. The Kier molecular flexibility index (Phi) is 3.58. The average molecular weight is 232 g/mol. The summed E-state index contributed by atoms with van der Waals surface area (Å²) >= 11 is 0. The minimum Gasteiger partial charge on any atom is -0.396 e. The highest BCUT2D eigenvalue weighted by Gasteiger charge is 2.40. The van der Waals surface area contributed by atoms with Gasteiger partial charge < -0.3 is 5.11 Å². The third-order valence-corrected chi connectivity index (χ3v) is 4.18. The lowest BCUT2D eigenvalue weighted by Gasteiger charge is -2.27. The van der Waals surface area contributed by atoms with E-state index in [2.05, 4.69) is 45.0 Å². The Labute approximate surface area is 105 Å². The van der Waals surface area contributed by atoms with E-state index in [4.69, 9.17) is 0 Å². The van der Waals surface area contributed by atoms with Gasteiger partial charge in [-0.2, -0.15) is 0 Å². The largest absolute Gasteiger partial charge is 0.396 e. The fourth-order valence-electron chi connectivity index (χ4n) is 2.60. The van der Waals surface area contributed by atoms with E-state index in [0.29, 0.717) is 12.5 Å². The minimum absolute atomic E-state index is 0.0966. The molecule has 1 aliphatic rings. The molecule has 0 spiro atoms. The van der Waals surface area contributed by atoms with E-state index in [9.17, 15) is 5.11 Å². The Hall–Kier alpha value is -0.820. The first kappa shape index (κ1) is 12.6. The maximum absolute atomic E-state index is 9.60. The average Bonchev–Trinajstić information content (AvgIpc) is 3.13. The van der Waals surface area contributed by atoms with Crippen LogP contribution in [0.25, 0.3) is 0 Å². The molecule has 0 aliphatic heterocycles. The van der Waals surface area contributed by atoms with Gasteiger partial charge in [-0.1, -0.05) is 45.0 Å². The van der Waals surface area contributed by atoms with Crippen molar-refractivity contribution < 1.29 is 5.11 Å². The first-order valence-corrected chi connectivity index (χ1v) is 6.75. The fraction of sp³-hybridized carbons (Fsp3) is 0.625. The van der Waals surface area contributed by atoms with E-state index >= 15 is 0 Å². The number of aliphatic hydroxyl groups excluding tert-OH is 1. The normalized spacial score (nSPS) is 19.4. The van der Waals surface area contributed by atoms with Gasteiger partial charge in [-0.05, 0) is 47.6 Å². The van der Waals surface area contributed by atoms with Gasteiger partial charge in [-0.15, -0.1) is 0 Å². The topological polar surface area (TPSA) is 20.2 Å². The predicted octanol–water partition coefficient (Wildman–Crippen LogP) is 3.76. The molecule has 0 amide bonds. The molecule has 1 aliphatic carbocycles. The first-order chi connectivity index (χ1) is 8.05. The molecule has 1 nitrogen and oxygen atoms in total. The maximum Gasteiger partial charge on any atom is 0.0490 e. The van der Waals surface area contributed by atoms with E-state index in [1.165, 1.54) is 24.0 Å². The molecule has 94 valence electrons. The minimum atomic E-state index is 0.0966. The second-order valence-electron chi connectivity index (χ2n) is 6.16. The molecule has 1 unspecified atom stereocenters. The highest BCUT2D eigenvalue weighted by atomic mass is 16.3. The van der Waals surface area contributed by atoms with Crippen LogP contribution in [-0.2, 0) is 6.42 Å². The van der Waals surface area contributed by atoms with Gasteiger partial charge in [0.25, 0.3) is 0 Å². The number of hydrogen-bond acceptors (Lipinski definition) is 1. The van der Waals surface area contributed by atoms with Crippen molar-refractivity contribution in [2.45, 2.75) is 46.0 Å². The summed E-state index contributed by atoms with van der Waals surface area (Å²) in [5.41, 5.74) is 2.85. The number of benzene rings is 1. The van der Waals surface area contributed by atoms with Gasteiger partial charge in [0.2, 0.25) is 0 Å². The van der Waals surface area contributed by atoms with E-state index in [0.717, 1.165) is 12.3 Å². The molecule has 1 N–H and O–H groups in total. The van der Waals surface area contributed by atoms with Crippen molar-refractivity contribution in [3.8, 4) is 0 Å².